The zero-order valence-electron chi connectivity index (χ0n) is 17.7. The molecule has 1 aliphatic rings. The second-order valence-electron chi connectivity index (χ2n) is 7.51. The number of rotatable bonds is 7. The minimum atomic E-state index is 0. The molecular formula is C20H38IN5O. The van der Waals surface area contributed by atoms with Gasteiger partial charge in [0.2, 0.25) is 0 Å². The smallest absolute Gasteiger partial charge is 0.191 e. The summed E-state index contributed by atoms with van der Waals surface area (Å²) in [5.41, 5.74) is 3.66. The first-order valence-electron chi connectivity index (χ1n) is 10.1. The quantitative estimate of drug-likeness (QED) is 0.202. The Bertz CT molecular complexity index is 579. The molecule has 0 aliphatic heterocycles. The van der Waals surface area contributed by atoms with Gasteiger partial charge in [-0.2, -0.15) is 5.10 Å². The SMILES string of the molecule is CN=C(NCCOC1CCCCCC1)NC(C)Cc1c(C)nn(C)c1C.I. The molecule has 1 atom stereocenters. The van der Waals surface area contributed by atoms with Crippen LogP contribution in [0.1, 0.15) is 62.4 Å². The second kappa shape index (κ2) is 12.6. The Morgan fingerprint density at radius 3 is 2.48 bits per heavy atom. The van der Waals surface area contributed by atoms with E-state index < -0.39 is 0 Å². The maximum absolute atomic E-state index is 6.04. The number of hydrogen-bond acceptors (Lipinski definition) is 3. The highest BCUT2D eigenvalue weighted by atomic mass is 127. The van der Waals surface area contributed by atoms with Crippen molar-refractivity contribution < 1.29 is 4.74 Å². The van der Waals surface area contributed by atoms with Crippen molar-refractivity contribution in [1.82, 2.24) is 20.4 Å². The summed E-state index contributed by atoms with van der Waals surface area (Å²) in [5.74, 6) is 0.834. The van der Waals surface area contributed by atoms with E-state index in [-0.39, 0.29) is 30.0 Å². The molecule has 0 bridgehead atoms. The first kappa shape index (κ1) is 24.2. The van der Waals surface area contributed by atoms with E-state index in [4.69, 9.17) is 4.74 Å². The third kappa shape index (κ3) is 7.97. The van der Waals surface area contributed by atoms with Crippen molar-refractivity contribution in [3.63, 3.8) is 0 Å². The van der Waals surface area contributed by atoms with Gasteiger partial charge in [0.1, 0.15) is 0 Å². The van der Waals surface area contributed by atoms with Crippen LogP contribution in [0.3, 0.4) is 0 Å². The van der Waals surface area contributed by atoms with Crippen molar-refractivity contribution >= 4 is 29.9 Å². The van der Waals surface area contributed by atoms with Crippen molar-refractivity contribution in [2.24, 2.45) is 12.0 Å². The molecule has 0 spiro atoms. The van der Waals surface area contributed by atoms with E-state index in [2.05, 4.69) is 41.5 Å². The number of aromatic nitrogens is 2. The summed E-state index contributed by atoms with van der Waals surface area (Å²) in [6.45, 7) is 7.90. The van der Waals surface area contributed by atoms with Gasteiger partial charge >= 0.3 is 0 Å². The average molecular weight is 491 g/mol. The number of hydrogen-bond donors (Lipinski definition) is 2. The highest BCUT2D eigenvalue weighted by molar-refractivity contribution is 14.0. The van der Waals surface area contributed by atoms with E-state index in [1.165, 1.54) is 49.8 Å². The standard InChI is InChI=1S/C20H37N5O.HI/c1-15(14-19-16(2)24-25(5)17(19)3)23-20(21-4)22-12-13-26-18-10-8-6-7-9-11-18;/h15,18H,6-14H2,1-5H3,(H2,21,22,23);1H. The molecule has 2 rings (SSSR count). The molecular weight excluding hydrogens is 453 g/mol. The molecule has 156 valence electrons. The lowest BCUT2D eigenvalue weighted by atomic mass is 10.1. The van der Waals surface area contributed by atoms with Crippen molar-refractivity contribution in [3.8, 4) is 0 Å². The van der Waals surface area contributed by atoms with Gasteiger partial charge in [-0.15, -0.1) is 24.0 Å². The molecule has 1 saturated carbocycles. The maximum atomic E-state index is 6.04. The van der Waals surface area contributed by atoms with Gasteiger partial charge in [0, 0.05) is 32.4 Å². The van der Waals surface area contributed by atoms with E-state index in [0.29, 0.717) is 6.10 Å². The third-order valence-electron chi connectivity index (χ3n) is 5.33. The fourth-order valence-corrected chi connectivity index (χ4v) is 3.70. The zero-order valence-corrected chi connectivity index (χ0v) is 20.0. The number of nitrogens with one attached hydrogen (secondary N) is 2. The fourth-order valence-electron chi connectivity index (χ4n) is 3.70. The van der Waals surface area contributed by atoms with Crippen molar-refractivity contribution in [1.29, 1.82) is 0 Å². The summed E-state index contributed by atoms with van der Waals surface area (Å²) in [6.07, 6.45) is 9.17. The second-order valence-corrected chi connectivity index (χ2v) is 7.51. The summed E-state index contributed by atoms with van der Waals surface area (Å²) in [6, 6.07) is 0.283. The molecule has 7 heteroatoms. The van der Waals surface area contributed by atoms with Gasteiger partial charge in [-0.25, -0.2) is 0 Å². The minimum absolute atomic E-state index is 0. The number of aryl methyl sites for hydroxylation is 2. The molecule has 1 aliphatic carbocycles. The molecule has 0 radical (unpaired) electrons. The topological polar surface area (TPSA) is 63.5 Å². The Balaban J connectivity index is 0.00000364. The van der Waals surface area contributed by atoms with E-state index in [1.54, 1.807) is 0 Å². The highest BCUT2D eigenvalue weighted by Crippen LogP contribution is 2.19. The Morgan fingerprint density at radius 1 is 1.26 bits per heavy atom. The van der Waals surface area contributed by atoms with Crippen molar-refractivity contribution in [2.75, 3.05) is 20.2 Å². The molecule has 2 N–H and O–H groups in total. The first-order valence-corrected chi connectivity index (χ1v) is 10.1. The van der Waals surface area contributed by atoms with Crippen LogP contribution in [0.4, 0.5) is 0 Å². The molecule has 0 amide bonds. The van der Waals surface area contributed by atoms with Gasteiger partial charge < -0.3 is 15.4 Å². The van der Waals surface area contributed by atoms with Crippen LogP contribution in [0.2, 0.25) is 0 Å². The van der Waals surface area contributed by atoms with Crippen molar-refractivity contribution in [3.05, 3.63) is 17.0 Å². The van der Waals surface area contributed by atoms with Crippen LogP contribution in [0.25, 0.3) is 0 Å². The summed E-state index contributed by atoms with van der Waals surface area (Å²) < 4.78 is 7.99. The minimum Gasteiger partial charge on any atom is -0.376 e. The van der Waals surface area contributed by atoms with Crippen LogP contribution >= 0.6 is 24.0 Å². The molecule has 6 nitrogen and oxygen atoms in total. The molecule has 0 saturated heterocycles. The van der Waals surface area contributed by atoms with Crippen LogP contribution in [0.15, 0.2) is 4.99 Å². The summed E-state index contributed by atoms with van der Waals surface area (Å²) in [7, 11) is 3.81. The average Bonchev–Trinajstić information content (AvgIpc) is 2.81. The maximum Gasteiger partial charge on any atom is 0.191 e. The predicted molar refractivity (Wildman–Crippen MR) is 123 cm³/mol. The van der Waals surface area contributed by atoms with E-state index in [1.807, 2.05) is 18.8 Å². The molecule has 1 unspecified atom stereocenters. The lowest BCUT2D eigenvalue weighted by Crippen LogP contribution is -2.44. The van der Waals surface area contributed by atoms with Gasteiger partial charge in [0.15, 0.2) is 5.96 Å². The highest BCUT2D eigenvalue weighted by Gasteiger charge is 2.14. The summed E-state index contributed by atoms with van der Waals surface area (Å²) >= 11 is 0. The summed E-state index contributed by atoms with van der Waals surface area (Å²) in [4.78, 5) is 4.34. The van der Waals surface area contributed by atoms with Crippen LogP contribution in [0, 0.1) is 13.8 Å². The Morgan fingerprint density at radius 2 is 1.93 bits per heavy atom. The summed E-state index contributed by atoms with van der Waals surface area (Å²) in [5, 5.41) is 11.3. The molecule has 1 aromatic rings. The Kier molecular flexibility index (Phi) is 11.3. The fraction of sp³-hybridized carbons (Fsp3) is 0.800. The van der Waals surface area contributed by atoms with Crippen LogP contribution in [0.5, 0.6) is 0 Å². The Hall–Kier alpha value is -0.830. The van der Waals surface area contributed by atoms with Crippen molar-refractivity contribution in [2.45, 2.75) is 77.9 Å². The monoisotopic (exact) mass is 491 g/mol. The zero-order chi connectivity index (χ0) is 18.9. The molecule has 27 heavy (non-hydrogen) atoms. The number of ether oxygens (including phenoxy) is 1. The van der Waals surface area contributed by atoms with E-state index >= 15 is 0 Å². The normalized spacial score (nSPS) is 17.1. The lowest BCUT2D eigenvalue weighted by Gasteiger charge is -2.19. The van der Waals surface area contributed by atoms with Gasteiger partial charge in [0.05, 0.1) is 18.4 Å². The van der Waals surface area contributed by atoms with E-state index in [9.17, 15) is 0 Å². The number of nitrogens with zero attached hydrogens (tertiary/aromatic N) is 3. The van der Waals surface area contributed by atoms with Crippen LogP contribution < -0.4 is 10.6 Å². The first-order chi connectivity index (χ1) is 12.5. The van der Waals surface area contributed by atoms with E-state index in [0.717, 1.165) is 31.2 Å². The number of guanidine groups is 1. The van der Waals surface area contributed by atoms with Gasteiger partial charge in [0.25, 0.3) is 0 Å². The predicted octanol–water partition coefficient (Wildman–Crippen LogP) is 3.49. The van der Waals surface area contributed by atoms with Gasteiger partial charge in [-0.05, 0) is 45.6 Å². The number of halogens is 1. The molecule has 1 fully saturated rings. The largest absolute Gasteiger partial charge is 0.376 e. The molecule has 1 aromatic heterocycles. The van der Waals surface area contributed by atoms with Gasteiger partial charge in [-0.1, -0.05) is 25.7 Å². The van der Waals surface area contributed by atoms with Crippen LogP contribution in [-0.2, 0) is 18.2 Å². The lowest BCUT2D eigenvalue weighted by molar-refractivity contribution is 0.0468. The molecule has 1 heterocycles. The van der Waals surface area contributed by atoms with Crippen LogP contribution in [-0.4, -0.2) is 48.1 Å². The molecule has 0 aromatic carbocycles. The van der Waals surface area contributed by atoms with Gasteiger partial charge in [-0.3, -0.25) is 9.67 Å². The number of aliphatic imine (C=N–C) groups is 1. The third-order valence-corrected chi connectivity index (χ3v) is 5.33. The Labute approximate surface area is 181 Å².